The molecule has 2 nitrogen and oxygen atoms in total. The van der Waals surface area contributed by atoms with E-state index >= 15 is 0 Å². The Hall–Kier alpha value is -1.67. The number of hydrogen-bond acceptors (Lipinski definition) is 2. The molecule has 0 aliphatic rings. The molecule has 0 heterocycles. The van der Waals surface area contributed by atoms with Crippen LogP contribution in [0.15, 0.2) is 48.5 Å². The number of nitrogens with zero attached hydrogens (tertiary/aromatic N) is 1. The van der Waals surface area contributed by atoms with Gasteiger partial charge in [0.05, 0.1) is 16.4 Å². The fourth-order valence-corrected chi connectivity index (χ4v) is 2.85. The highest BCUT2D eigenvalue weighted by atomic mass is 35.5. The minimum Gasteiger partial charge on any atom is -0.380 e. The minimum atomic E-state index is 0.393. The van der Waals surface area contributed by atoms with E-state index < -0.39 is 0 Å². The Bertz CT molecular complexity index is 567. The van der Waals surface area contributed by atoms with Gasteiger partial charge in [-0.2, -0.15) is 0 Å². The lowest BCUT2D eigenvalue weighted by Crippen LogP contribution is -2.23. The third-order valence-electron chi connectivity index (χ3n) is 3.61. The molecule has 2 rings (SSSR count). The van der Waals surface area contributed by atoms with E-state index in [1.165, 1.54) is 5.56 Å². The van der Waals surface area contributed by atoms with Crippen LogP contribution in [0.3, 0.4) is 0 Å². The first-order chi connectivity index (χ1) is 10.1. The molecule has 2 aromatic carbocycles. The molecule has 0 bridgehead atoms. The van der Waals surface area contributed by atoms with Crippen LogP contribution in [0.2, 0.25) is 5.02 Å². The number of halogens is 1. The lowest BCUT2D eigenvalue weighted by Gasteiger charge is -2.24. The summed E-state index contributed by atoms with van der Waals surface area (Å²) in [4.78, 5) is 2.06. The van der Waals surface area contributed by atoms with Crippen molar-refractivity contribution in [2.45, 2.75) is 25.8 Å². The molecule has 0 radical (unpaired) electrons. The van der Waals surface area contributed by atoms with Crippen molar-refractivity contribution in [3.8, 4) is 0 Å². The van der Waals surface area contributed by atoms with Crippen LogP contribution >= 0.6 is 11.6 Å². The molecule has 0 fully saturated rings. The molecular weight excluding hydrogens is 280 g/mol. The van der Waals surface area contributed by atoms with Crippen molar-refractivity contribution >= 4 is 23.0 Å². The maximum absolute atomic E-state index is 6.33. The molecule has 21 heavy (non-hydrogen) atoms. The Kier molecular flexibility index (Phi) is 5.51. The molecule has 1 unspecified atom stereocenters. The van der Waals surface area contributed by atoms with Crippen molar-refractivity contribution in [3.63, 3.8) is 0 Å². The van der Waals surface area contributed by atoms with Gasteiger partial charge in [-0.3, -0.25) is 0 Å². The zero-order valence-corrected chi connectivity index (χ0v) is 13.7. The number of para-hydroxylation sites is 1. The first-order valence-electron chi connectivity index (χ1n) is 7.38. The Labute approximate surface area is 132 Å². The molecule has 0 saturated heterocycles. The maximum atomic E-state index is 6.33. The molecule has 112 valence electrons. The van der Waals surface area contributed by atoms with E-state index in [9.17, 15) is 0 Å². The summed E-state index contributed by atoms with van der Waals surface area (Å²) in [5, 5.41) is 4.42. The predicted octanol–water partition coefficient (Wildman–Crippen LogP) is 4.84. The van der Waals surface area contributed by atoms with Gasteiger partial charge >= 0.3 is 0 Å². The normalized spacial score (nSPS) is 12.0. The van der Waals surface area contributed by atoms with Crippen molar-refractivity contribution in [2.75, 3.05) is 24.3 Å². The van der Waals surface area contributed by atoms with Gasteiger partial charge in [-0.15, -0.1) is 0 Å². The van der Waals surface area contributed by atoms with Gasteiger partial charge in [-0.1, -0.05) is 54.9 Å². The summed E-state index contributed by atoms with van der Waals surface area (Å²) in [7, 11) is 4.04. The SMILES string of the molecule is CCC(Cc1ccccc1)Nc1cccc(Cl)c1N(C)C. The number of hydrogen-bond donors (Lipinski definition) is 1. The smallest absolute Gasteiger partial charge is 0.0786 e. The van der Waals surface area contributed by atoms with Gasteiger partial charge in [-0.25, -0.2) is 0 Å². The van der Waals surface area contributed by atoms with Crippen molar-refractivity contribution in [2.24, 2.45) is 0 Å². The third kappa shape index (κ3) is 4.15. The van der Waals surface area contributed by atoms with E-state index in [1.807, 2.05) is 26.2 Å². The molecular formula is C18H23ClN2. The van der Waals surface area contributed by atoms with E-state index in [2.05, 4.69) is 53.5 Å². The zero-order chi connectivity index (χ0) is 15.2. The summed E-state index contributed by atoms with van der Waals surface area (Å²) in [6, 6.07) is 17.0. The largest absolute Gasteiger partial charge is 0.380 e. The van der Waals surface area contributed by atoms with Crippen LogP contribution in [-0.4, -0.2) is 20.1 Å². The second-order valence-corrected chi connectivity index (χ2v) is 5.88. The first-order valence-corrected chi connectivity index (χ1v) is 7.76. The number of rotatable bonds is 6. The average molecular weight is 303 g/mol. The van der Waals surface area contributed by atoms with E-state index in [0.717, 1.165) is 29.2 Å². The van der Waals surface area contributed by atoms with Gasteiger partial charge in [0.25, 0.3) is 0 Å². The topological polar surface area (TPSA) is 15.3 Å². The van der Waals surface area contributed by atoms with E-state index in [-0.39, 0.29) is 0 Å². The lowest BCUT2D eigenvalue weighted by molar-refractivity contribution is 0.690. The number of nitrogens with one attached hydrogen (secondary N) is 1. The lowest BCUT2D eigenvalue weighted by atomic mass is 10.0. The monoisotopic (exact) mass is 302 g/mol. The summed E-state index contributed by atoms with van der Waals surface area (Å²) in [6.45, 7) is 2.21. The zero-order valence-electron chi connectivity index (χ0n) is 12.9. The van der Waals surface area contributed by atoms with Gasteiger partial charge in [0.15, 0.2) is 0 Å². The number of anilines is 2. The van der Waals surface area contributed by atoms with Crippen LogP contribution in [0.25, 0.3) is 0 Å². The van der Waals surface area contributed by atoms with Crippen LogP contribution < -0.4 is 10.2 Å². The van der Waals surface area contributed by atoms with Crippen LogP contribution in [0, 0.1) is 0 Å². The quantitative estimate of drug-likeness (QED) is 0.821. The van der Waals surface area contributed by atoms with Crippen LogP contribution in [0.1, 0.15) is 18.9 Å². The molecule has 0 amide bonds. The second-order valence-electron chi connectivity index (χ2n) is 5.47. The number of benzene rings is 2. The molecule has 0 aromatic heterocycles. The minimum absolute atomic E-state index is 0.393. The van der Waals surface area contributed by atoms with Gasteiger partial charge in [0.1, 0.15) is 0 Å². The van der Waals surface area contributed by atoms with Crippen LogP contribution in [0.4, 0.5) is 11.4 Å². The van der Waals surface area contributed by atoms with E-state index in [0.29, 0.717) is 6.04 Å². The van der Waals surface area contributed by atoms with Crippen molar-refractivity contribution < 1.29 is 0 Å². The van der Waals surface area contributed by atoms with E-state index in [1.54, 1.807) is 0 Å². The van der Waals surface area contributed by atoms with Gasteiger partial charge in [-0.05, 0) is 30.5 Å². The van der Waals surface area contributed by atoms with Gasteiger partial charge < -0.3 is 10.2 Å². The first kappa shape index (κ1) is 15.7. The Balaban J connectivity index is 2.17. The Morgan fingerprint density at radius 2 is 1.76 bits per heavy atom. The fourth-order valence-electron chi connectivity index (χ4n) is 2.50. The van der Waals surface area contributed by atoms with Crippen molar-refractivity contribution in [3.05, 3.63) is 59.1 Å². The molecule has 1 N–H and O–H groups in total. The molecule has 0 aliphatic heterocycles. The van der Waals surface area contributed by atoms with Crippen molar-refractivity contribution in [1.29, 1.82) is 0 Å². The third-order valence-corrected chi connectivity index (χ3v) is 3.92. The van der Waals surface area contributed by atoms with Crippen LogP contribution in [-0.2, 0) is 6.42 Å². The standard InChI is InChI=1S/C18H23ClN2/c1-4-15(13-14-9-6-5-7-10-14)20-17-12-8-11-16(19)18(17)21(2)3/h5-12,15,20H,4,13H2,1-3H3. The highest BCUT2D eigenvalue weighted by Gasteiger charge is 2.13. The van der Waals surface area contributed by atoms with Gasteiger partial charge in [0.2, 0.25) is 0 Å². The molecule has 2 aromatic rings. The summed E-state index contributed by atoms with van der Waals surface area (Å²) in [5.41, 5.74) is 3.49. The molecule has 3 heteroatoms. The second kappa shape index (κ2) is 7.37. The summed E-state index contributed by atoms with van der Waals surface area (Å²) in [6.07, 6.45) is 2.07. The summed E-state index contributed by atoms with van der Waals surface area (Å²) in [5.74, 6) is 0. The summed E-state index contributed by atoms with van der Waals surface area (Å²) < 4.78 is 0. The fraction of sp³-hybridized carbons (Fsp3) is 0.333. The predicted molar refractivity (Wildman–Crippen MR) is 93.6 cm³/mol. The molecule has 0 saturated carbocycles. The van der Waals surface area contributed by atoms with Crippen LogP contribution in [0.5, 0.6) is 0 Å². The Morgan fingerprint density at radius 3 is 2.38 bits per heavy atom. The van der Waals surface area contributed by atoms with Gasteiger partial charge in [0, 0.05) is 20.1 Å². The average Bonchev–Trinajstić information content (AvgIpc) is 2.47. The van der Waals surface area contributed by atoms with Crippen molar-refractivity contribution in [1.82, 2.24) is 0 Å². The van der Waals surface area contributed by atoms with E-state index in [4.69, 9.17) is 11.6 Å². The summed E-state index contributed by atoms with van der Waals surface area (Å²) >= 11 is 6.33. The Morgan fingerprint density at radius 1 is 1.05 bits per heavy atom. The molecule has 1 atom stereocenters. The maximum Gasteiger partial charge on any atom is 0.0786 e. The molecule has 0 spiro atoms. The molecule has 0 aliphatic carbocycles. The highest BCUT2D eigenvalue weighted by Crippen LogP contribution is 2.33. The highest BCUT2D eigenvalue weighted by molar-refractivity contribution is 6.34.